The zero-order valence-electron chi connectivity index (χ0n) is 8.73. The van der Waals surface area contributed by atoms with Gasteiger partial charge in [0, 0.05) is 18.9 Å². The lowest BCUT2D eigenvalue weighted by Crippen LogP contribution is -1.98. The average molecular weight is 195 g/mol. The third-order valence-electron chi connectivity index (χ3n) is 2.20. The van der Waals surface area contributed by atoms with E-state index in [-0.39, 0.29) is 0 Å². The van der Waals surface area contributed by atoms with E-state index >= 15 is 0 Å². The summed E-state index contributed by atoms with van der Waals surface area (Å²) in [7, 11) is 0. The topological polar surface area (TPSA) is 42.2 Å². The van der Waals surface area contributed by atoms with E-state index in [1.54, 1.807) is 12.3 Å². The van der Waals surface area contributed by atoms with E-state index in [1.807, 2.05) is 10.8 Å². The van der Waals surface area contributed by atoms with E-state index in [9.17, 15) is 4.79 Å². The minimum Gasteiger partial charge on any atom is -0.478 e. The Morgan fingerprint density at radius 3 is 2.79 bits per heavy atom. The zero-order valence-corrected chi connectivity index (χ0v) is 8.73. The van der Waals surface area contributed by atoms with Gasteiger partial charge in [0.15, 0.2) is 0 Å². The first-order valence-electron chi connectivity index (χ1n) is 4.98. The summed E-state index contributed by atoms with van der Waals surface area (Å²) in [5.74, 6) is -0.142. The van der Waals surface area contributed by atoms with E-state index < -0.39 is 5.97 Å². The molecule has 0 saturated carbocycles. The number of nitrogens with zero attached hydrogens (tertiary/aromatic N) is 1. The number of aryl methyl sites for hydroxylation is 1. The first-order valence-corrected chi connectivity index (χ1v) is 4.98. The van der Waals surface area contributed by atoms with Crippen molar-refractivity contribution < 1.29 is 9.90 Å². The molecule has 1 heterocycles. The Hall–Kier alpha value is -1.25. The Kier molecular flexibility index (Phi) is 3.74. The number of hydrogen-bond donors (Lipinski definition) is 1. The predicted octanol–water partition coefficient (Wildman–Crippen LogP) is 2.62. The zero-order chi connectivity index (χ0) is 10.6. The van der Waals surface area contributed by atoms with Crippen LogP contribution in [0.3, 0.4) is 0 Å². The molecule has 0 atom stereocenters. The quantitative estimate of drug-likeness (QED) is 0.784. The Morgan fingerprint density at radius 1 is 1.57 bits per heavy atom. The molecule has 0 radical (unpaired) electrons. The van der Waals surface area contributed by atoms with Gasteiger partial charge in [-0.25, -0.2) is 4.79 Å². The van der Waals surface area contributed by atoms with Gasteiger partial charge >= 0.3 is 5.97 Å². The molecule has 1 aromatic rings. The molecule has 0 amide bonds. The van der Waals surface area contributed by atoms with Gasteiger partial charge in [0.1, 0.15) is 0 Å². The second kappa shape index (κ2) is 4.84. The third kappa shape index (κ3) is 3.24. The molecule has 1 N–H and O–H groups in total. The molecule has 1 aromatic heterocycles. The number of carboxylic acids is 1. The summed E-state index contributed by atoms with van der Waals surface area (Å²) in [6, 6.07) is 1.64. The van der Waals surface area contributed by atoms with Crippen molar-refractivity contribution in [2.45, 2.75) is 33.2 Å². The molecule has 0 fully saturated rings. The number of carbonyl (C=O) groups is 1. The van der Waals surface area contributed by atoms with E-state index in [0.29, 0.717) is 11.5 Å². The van der Waals surface area contributed by atoms with Crippen molar-refractivity contribution in [3.05, 3.63) is 24.0 Å². The van der Waals surface area contributed by atoms with E-state index in [0.717, 1.165) is 13.0 Å². The fourth-order valence-electron chi connectivity index (χ4n) is 1.39. The summed E-state index contributed by atoms with van der Waals surface area (Å²) in [4.78, 5) is 10.6. The molecule has 0 aromatic carbocycles. The van der Waals surface area contributed by atoms with Crippen molar-refractivity contribution in [3.63, 3.8) is 0 Å². The second-order valence-electron chi connectivity index (χ2n) is 3.98. The van der Waals surface area contributed by atoms with Crippen LogP contribution in [-0.4, -0.2) is 15.6 Å². The molecule has 78 valence electrons. The van der Waals surface area contributed by atoms with E-state index in [2.05, 4.69) is 13.8 Å². The maximum Gasteiger partial charge on any atom is 0.337 e. The number of hydrogen-bond acceptors (Lipinski definition) is 1. The summed E-state index contributed by atoms with van der Waals surface area (Å²) in [6.07, 6.45) is 5.79. The lowest BCUT2D eigenvalue weighted by molar-refractivity contribution is 0.0697. The van der Waals surface area contributed by atoms with Crippen LogP contribution in [0.15, 0.2) is 18.5 Å². The van der Waals surface area contributed by atoms with Gasteiger partial charge in [-0.15, -0.1) is 0 Å². The van der Waals surface area contributed by atoms with Gasteiger partial charge in [-0.2, -0.15) is 0 Å². The van der Waals surface area contributed by atoms with Crippen LogP contribution in [0.5, 0.6) is 0 Å². The van der Waals surface area contributed by atoms with Gasteiger partial charge in [0.2, 0.25) is 0 Å². The third-order valence-corrected chi connectivity index (χ3v) is 2.20. The summed E-state index contributed by atoms with van der Waals surface area (Å²) in [5.41, 5.74) is 0.370. The van der Waals surface area contributed by atoms with Crippen LogP contribution in [-0.2, 0) is 6.54 Å². The smallest absolute Gasteiger partial charge is 0.337 e. The highest BCUT2D eigenvalue weighted by Crippen LogP contribution is 2.07. The Bertz CT molecular complexity index is 302. The summed E-state index contributed by atoms with van der Waals surface area (Å²) in [6.45, 7) is 5.29. The number of rotatable bonds is 5. The average Bonchev–Trinajstić information content (AvgIpc) is 2.52. The second-order valence-corrected chi connectivity index (χ2v) is 3.98. The fourth-order valence-corrected chi connectivity index (χ4v) is 1.39. The molecule has 0 aliphatic rings. The van der Waals surface area contributed by atoms with Crippen molar-refractivity contribution >= 4 is 5.97 Å². The van der Waals surface area contributed by atoms with E-state index in [4.69, 9.17) is 5.11 Å². The van der Waals surface area contributed by atoms with Crippen LogP contribution in [0.4, 0.5) is 0 Å². The van der Waals surface area contributed by atoms with Gasteiger partial charge in [-0.05, 0) is 24.8 Å². The molecule has 0 aliphatic heterocycles. The minimum atomic E-state index is -0.854. The van der Waals surface area contributed by atoms with Crippen molar-refractivity contribution in [1.29, 1.82) is 0 Å². The molecule has 0 aliphatic carbocycles. The first-order chi connectivity index (χ1) is 6.59. The monoisotopic (exact) mass is 195 g/mol. The Labute approximate surface area is 84.4 Å². The largest absolute Gasteiger partial charge is 0.478 e. The van der Waals surface area contributed by atoms with Gasteiger partial charge in [0.05, 0.1) is 5.56 Å². The summed E-state index contributed by atoms with van der Waals surface area (Å²) in [5, 5.41) is 8.70. The van der Waals surface area contributed by atoms with Crippen LogP contribution in [0.2, 0.25) is 0 Å². The highest BCUT2D eigenvalue weighted by molar-refractivity contribution is 5.87. The number of aromatic carboxylic acids is 1. The van der Waals surface area contributed by atoms with Crippen LogP contribution < -0.4 is 0 Å². The molecular formula is C11H17NO2. The van der Waals surface area contributed by atoms with Crippen molar-refractivity contribution in [2.24, 2.45) is 5.92 Å². The molecule has 0 bridgehead atoms. The van der Waals surface area contributed by atoms with Crippen molar-refractivity contribution in [1.82, 2.24) is 4.57 Å². The highest BCUT2D eigenvalue weighted by Gasteiger charge is 2.03. The maximum atomic E-state index is 10.6. The summed E-state index contributed by atoms with van der Waals surface area (Å²) < 4.78 is 1.94. The van der Waals surface area contributed by atoms with Crippen LogP contribution in [0.1, 0.15) is 37.0 Å². The van der Waals surface area contributed by atoms with Crippen molar-refractivity contribution in [3.8, 4) is 0 Å². The molecular weight excluding hydrogens is 178 g/mol. The normalized spacial score (nSPS) is 10.8. The predicted molar refractivity (Wildman–Crippen MR) is 55.5 cm³/mol. The molecule has 1 rings (SSSR count). The molecule has 0 unspecified atom stereocenters. The van der Waals surface area contributed by atoms with Gasteiger partial charge in [0.25, 0.3) is 0 Å². The van der Waals surface area contributed by atoms with Crippen LogP contribution in [0.25, 0.3) is 0 Å². The maximum absolute atomic E-state index is 10.6. The lowest BCUT2D eigenvalue weighted by atomic mass is 10.1. The molecule has 0 spiro atoms. The van der Waals surface area contributed by atoms with Crippen LogP contribution >= 0.6 is 0 Å². The summed E-state index contributed by atoms with van der Waals surface area (Å²) >= 11 is 0. The standard InChI is InChI=1S/C11H17NO2/c1-9(2)4-3-6-12-7-5-10(8-12)11(13)14/h5,7-9H,3-4,6H2,1-2H3,(H,13,14). The molecule has 0 saturated heterocycles. The van der Waals surface area contributed by atoms with Gasteiger partial charge < -0.3 is 9.67 Å². The first kappa shape index (κ1) is 10.8. The van der Waals surface area contributed by atoms with Gasteiger partial charge in [-0.1, -0.05) is 13.8 Å². The molecule has 3 heteroatoms. The lowest BCUT2D eigenvalue weighted by Gasteiger charge is -2.04. The van der Waals surface area contributed by atoms with Crippen molar-refractivity contribution in [2.75, 3.05) is 0 Å². The molecule has 14 heavy (non-hydrogen) atoms. The number of aromatic nitrogens is 1. The fraction of sp³-hybridized carbons (Fsp3) is 0.545. The van der Waals surface area contributed by atoms with Gasteiger partial charge in [-0.3, -0.25) is 0 Å². The Morgan fingerprint density at radius 2 is 2.29 bits per heavy atom. The Balaban J connectivity index is 2.40. The minimum absolute atomic E-state index is 0.370. The van der Waals surface area contributed by atoms with Crippen LogP contribution in [0, 0.1) is 5.92 Å². The molecule has 3 nitrogen and oxygen atoms in total. The van der Waals surface area contributed by atoms with E-state index in [1.165, 1.54) is 6.42 Å². The number of carboxylic acid groups (broad SMARTS) is 1. The SMILES string of the molecule is CC(C)CCCn1ccc(C(=O)O)c1. The highest BCUT2D eigenvalue weighted by atomic mass is 16.4.